The highest BCUT2D eigenvalue weighted by Gasteiger charge is 2.17. The molecule has 0 aromatic heterocycles. The lowest BCUT2D eigenvalue weighted by Crippen LogP contribution is -2.18. The molecule has 1 aromatic carbocycles. The summed E-state index contributed by atoms with van der Waals surface area (Å²) in [6.45, 7) is 6.13. The van der Waals surface area contributed by atoms with E-state index in [2.05, 4.69) is 5.32 Å². The van der Waals surface area contributed by atoms with E-state index < -0.39 is 0 Å². The predicted octanol–water partition coefficient (Wildman–Crippen LogP) is 3.05. The minimum Gasteiger partial charge on any atom is -0.488 e. The molecule has 0 amide bonds. The highest BCUT2D eigenvalue weighted by molar-refractivity contribution is 5.30. The normalized spacial score (nSPS) is 20.5. The molecule has 2 atom stereocenters. The van der Waals surface area contributed by atoms with Gasteiger partial charge in [0.2, 0.25) is 0 Å². The minimum absolute atomic E-state index is 0.111. The number of hydrogen-bond acceptors (Lipinski definition) is 3. The maximum atomic E-state index is 13.9. The fraction of sp³-hybridized carbons (Fsp3) is 0.600. The van der Waals surface area contributed by atoms with Gasteiger partial charge < -0.3 is 14.8 Å². The molecule has 1 heterocycles. The van der Waals surface area contributed by atoms with Crippen molar-refractivity contribution in [1.82, 2.24) is 5.32 Å². The van der Waals surface area contributed by atoms with Gasteiger partial charge in [0.25, 0.3) is 0 Å². The Kier molecular flexibility index (Phi) is 5.16. The third-order valence-electron chi connectivity index (χ3n) is 3.41. The maximum absolute atomic E-state index is 13.9. The summed E-state index contributed by atoms with van der Waals surface area (Å²) >= 11 is 0. The fourth-order valence-electron chi connectivity index (χ4n) is 2.29. The average Bonchev–Trinajstić information content (AvgIpc) is 2.90. The summed E-state index contributed by atoms with van der Waals surface area (Å²) in [4.78, 5) is 0. The summed E-state index contributed by atoms with van der Waals surface area (Å²) in [6.07, 6.45) is 2.17. The summed E-state index contributed by atoms with van der Waals surface area (Å²) in [5.41, 5.74) is 0.934. The quantitative estimate of drug-likeness (QED) is 0.859. The Hall–Kier alpha value is -1.13. The molecule has 1 aliphatic rings. The molecule has 1 aliphatic heterocycles. The fourth-order valence-corrected chi connectivity index (χ4v) is 2.29. The van der Waals surface area contributed by atoms with Gasteiger partial charge in [0.15, 0.2) is 11.6 Å². The van der Waals surface area contributed by atoms with Crippen molar-refractivity contribution in [2.24, 2.45) is 0 Å². The molecule has 0 aliphatic carbocycles. The number of ether oxygens (including phenoxy) is 2. The average molecular weight is 267 g/mol. The van der Waals surface area contributed by atoms with Crippen molar-refractivity contribution in [2.75, 3.05) is 19.8 Å². The van der Waals surface area contributed by atoms with Crippen molar-refractivity contribution in [2.45, 2.75) is 38.8 Å². The van der Waals surface area contributed by atoms with Gasteiger partial charge in [-0.15, -0.1) is 0 Å². The van der Waals surface area contributed by atoms with Crippen LogP contribution in [0.4, 0.5) is 4.39 Å². The molecule has 0 saturated carbocycles. The highest BCUT2D eigenvalue weighted by atomic mass is 19.1. The molecule has 0 radical (unpaired) electrons. The van der Waals surface area contributed by atoms with Crippen LogP contribution in [-0.2, 0) is 4.74 Å². The number of nitrogens with one attached hydrogen (secondary N) is 1. The Labute approximate surface area is 114 Å². The second kappa shape index (κ2) is 6.87. The number of benzene rings is 1. The topological polar surface area (TPSA) is 30.5 Å². The molecule has 3 nitrogen and oxygen atoms in total. The van der Waals surface area contributed by atoms with Crippen LogP contribution in [0.25, 0.3) is 0 Å². The zero-order valence-electron chi connectivity index (χ0n) is 11.6. The molecule has 4 heteroatoms. The molecule has 0 spiro atoms. The van der Waals surface area contributed by atoms with Crippen LogP contribution >= 0.6 is 0 Å². The lowest BCUT2D eigenvalue weighted by atomic mass is 10.1. The van der Waals surface area contributed by atoms with E-state index in [-0.39, 0.29) is 18.0 Å². The number of hydrogen-bond donors (Lipinski definition) is 1. The first-order valence-corrected chi connectivity index (χ1v) is 6.98. The molecule has 1 saturated heterocycles. The summed E-state index contributed by atoms with van der Waals surface area (Å²) in [6, 6.07) is 5.29. The Bertz CT molecular complexity index is 405. The van der Waals surface area contributed by atoms with Crippen LogP contribution < -0.4 is 10.1 Å². The van der Waals surface area contributed by atoms with E-state index in [1.165, 1.54) is 6.07 Å². The van der Waals surface area contributed by atoms with Crippen molar-refractivity contribution in [3.8, 4) is 5.75 Å². The molecule has 1 aromatic rings. The second-order valence-corrected chi connectivity index (χ2v) is 4.92. The third kappa shape index (κ3) is 3.91. The van der Waals surface area contributed by atoms with Crippen LogP contribution in [0.15, 0.2) is 18.2 Å². The Morgan fingerprint density at radius 3 is 3.00 bits per heavy atom. The van der Waals surface area contributed by atoms with E-state index in [4.69, 9.17) is 9.47 Å². The van der Waals surface area contributed by atoms with Crippen LogP contribution in [0.3, 0.4) is 0 Å². The van der Waals surface area contributed by atoms with Crippen LogP contribution in [0.1, 0.15) is 38.3 Å². The Morgan fingerprint density at radius 2 is 2.37 bits per heavy atom. The highest BCUT2D eigenvalue weighted by Crippen LogP contribution is 2.23. The van der Waals surface area contributed by atoms with Crippen molar-refractivity contribution in [1.29, 1.82) is 0 Å². The molecule has 2 unspecified atom stereocenters. The van der Waals surface area contributed by atoms with Crippen LogP contribution in [0.5, 0.6) is 5.75 Å². The number of rotatable bonds is 6. The van der Waals surface area contributed by atoms with E-state index in [0.717, 1.165) is 31.6 Å². The SMILES string of the molecule is CCNC(C)c1ccc(OCC2CCCO2)c(F)c1. The summed E-state index contributed by atoms with van der Waals surface area (Å²) in [7, 11) is 0. The van der Waals surface area contributed by atoms with E-state index in [0.29, 0.717) is 12.4 Å². The Morgan fingerprint density at radius 1 is 1.53 bits per heavy atom. The largest absolute Gasteiger partial charge is 0.488 e. The van der Waals surface area contributed by atoms with Crippen LogP contribution in [0.2, 0.25) is 0 Å². The monoisotopic (exact) mass is 267 g/mol. The van der Waals surface area contributed by atoms with Gasteiger partial charge in [-0.25, -0.2) is 4.39 Å². The van der Waals surface area contributed by atoms with Gasteiger partial charge in [0, 0.05) is 12.6 Å². The zero-order chi connectivity index (χ0) is 13.7. The molecule has 0 bridgehead atoms. The van der Waals surface area contributed by atoms with Gasteiger partial charge in [-0.1, -0.05) is 13.0 Å². The van der Waals surface area contributed by atoms with Crippen LogP contribution in [0, 0.1) is 5.82 Å². The maximum Gasteiger partial charge on any atom is 0.165 e. The van der Waals surface area contributed by atoms with Gasteiger partial charge in [0.1, 0.15) is 6.61 Å². The lowest BCUT2D eigenvalue weighted by molar-refractivity contribution is 0.0665. The van der Waals surface area contributed by atoms with Gasteiger partial charge in [-0.2, -0.15) is 0 Å². The molecule has 1 N–H and O–H groups in total. The predicted molar refractivity (Wildman–Crippen MR) is 73.0 cm³/mol. The first kappa shape index (κ1) is 14.3. The van der Waals surface area contributed by atoms with Gasteiger partial charge in [0.05, 0.1) is 6.10 Å². The molecular formula is C15H22FNO2. The first-order valence-electron chi connectivity index (χ1n) is 6.98. The summed E-state index contributed by atoms with van der Waals surface area (Å²) < 4.78 is 24.9. The number of halogens is 1. The summed E-state index contributed by atoms with van der Waals surface area (Å²) in [5, 5.41) is 3.26. The second-order valence-electron chi connectivity index (χ2n) is 4.92. The van der Waals surface area contributed by atoms with E-state index in [9.17, 15) is 4.39 Å². The standard InChI is InChI=1S/C15H22FNO2/c1-3-17-11(2)12-6-7-15(14(16)9-12)19-10-13-5-4-8-18-13/h6-7,9,11,13,17H,3-5,8,10H2,1-2H3. The van der Waals surface area contributed by atoms with Crippen molar-refractivity contribution >= 4 is 0 Å². The minimum atomic E-state index is -0.305. The molecule has 2 rings (SSSR count). The lowest BCUT2D eigenvalue weighted by Gasteiger charge is -2.15. The van der Waals surface area contributed by atoms with Gasteiger partial charge in [-0.05, 0) is 44.0 Å². The third-order valence-corrected chi connectivity index (χ3v) is 3.41. The Balaban J connectivity index is 1.94. The molecule has 19 heavy (non-hydrogen) atoms. The summed E-state index contributed by atoms with van der Waals surface area (Å²) in [5.74, 6) is 0.00296. The molecule has 106 valence electrons. The van der Waals surface area contributed by atoms with E-state index in [1.807, 2.05) is 19.9 Å². The molecule has 1 fully saturated rings. The van der Waals surface area contributed by atoms with E-state index >= 15 is 0 Å². The zero-order valence-corrected chi connectivity index (χ0v) is 11.6. The van der Waals surface area contributed by atoms with Crippen molar-refractivity contribution in [3.63, 3.8) is 0 Å². The van der Waals surface area contributed by atoms with Crippen LogP contribution in [-0.4, -0.2) is 25.9 Å². The van der Waals surface area contributed by atoms with Crippen molar-refractivity contribution in [3.05, 3.63) is 29.6 Å². The van der Waals surface area contributed by atoms with E-state index in [1.54, 1.807) is 6.07 Å². The van der Waals surface area contributed by atoms with Gasteiger partial charge >= 0.3 is 0 Å². The smallest absolute Gasteiger partial charge is 0.165 e. The molecular weight excluding hydrogens is 245 g/mol. The van der Waals surface area contributed by atoms with Gasteiger partial charge in [-0.3, -0.25) is 0 Å². The first-order chi connectivity index (χ1) is 9.20. The van der Waals surface area contributed by atoms with Crippen molar-refractivity contribution < 1.29 is 13.9 Å².